The Morgan fingerprint density at radius 3 is 2.84 bits per heavy atom. The maximum Gasteiger partial charge on any atom is 0.255 e. The Morgan fingerprint density at radius 2 is 2.26 bits per heavy atom. The lowest BCUT2D eigenvalue weighted by molar-refractivity contribution is -0.103. The van der Waals surface area contributed by atoms with Crippen molar-refractivity contribution in [2.75, 3.05) is 38.7 Å². The zero-order valence-electron chi connectivity index (χ0n) is 10.9. The molecule has 0 aromatic heterocycles. The minimum absolute atomic E-state index is 0.0739. The maximum atomic E-state index is 12.6. The molecule has 1 spiro atoms. The van der Waals surface area contributed by atoms with Gasteiger partial charge < -0.3 is 15.0 Å². The third-order valence-corrected chi connectivity index (χ3v) is 4.26. The van der Waals surface area contributed by atoms with Crippen LogP contribution >= 0.6 is 11.6 Å². The molecule has 1 aromatic rings. The summed E-state index contributed by atoms with van der Waals surface area (Å²) >= 11 is 5.96. The number of hydrogen-bond acceptors (Lipinski definition) is 3. The summed E-state index contributed by atoms with van der Waals surface area (Å²) in [6, 6.07) is 5.33. The van der Waals surface area contributed by atoms with E-state index in [-0.39, 0.29) is 11.3 Å². The lowest BCUT2D eigenvalue weighted by Crippen LogP contribution is -2.45. The second-order valence-corrected chi connectivity index (χ2v) is 5.85. The number of carbonyl (C=O) groups excluding carboxylic acids is 1. The lowest BCUT2D eigenvalue weighted by atomic mass is 9.85. The zero-order chi connectivity index (χ0) is 13.5. The number of carbonyl (C=O) groups is 1. The molecule has 2 heterocycles. The van der Waals surface area contributed by atoms with Gasteiger partial charge in [0.25, 0.3) is 5.91 Å². The highest BCUT2D eigenvalue weighted by Gasteiger charge is 2.45. The maximum absolute atomic E-state index is 12.6. The van der Waals surface area contributed by atoms with Gasteiger partial charge in [-0.15, -0.1) is 0 Å². The predicted molar refractivity (Wildman–Crippen MR) is 74.8 cm³/mol. The van der Waals surface area contributed by atoms with Crippen LogP contribution in [0.2, 0.25) is 5.02 Å². The van der Waals surface area contributed by atoms with E-state index in [1.54, 1.807) is 25.2 Å². The molecule has 2 aliphatic heterocycles. The van der Waals surface area contributed by atoms with Crippen LogP contribution in [0.1, 0.15) is 16.8 Å². The third kappa shape index (κ3) is 2.19. The van der Waals surface area contributed by atoms with Crippen LogP contribution in [0.15, 0.2) is 18.2 Å². The molecule has 1 aromatic carbocycles. The van der Waals surface area contributed by atoms with E-state index < -0.39 is 0 Å². The van der Waals surface area contributed by atoms with Gasteiger partial charge in [-0.2, -0.15) is 0 Å². The molecule has 19 heavy (non-hydrogen) atoms. The number of rotatable bonds is 2. The largest absolute Gasteiger partial charge is 0.387 e. The summed E-state index contributed by atoms with van der Waals surface area (Å²) in [6.45, 7) is 3.19. The van der Waals surface area contributed by atoms with E-state index in [0.717, 1.165) is 38.4 Å². The van der Waals surface area contributed by atoms with Crippen LogP contribution in [0.4, 0.5) is 5.69 Å². The van der Waals surface area contributed by atoms with Crippen molar-refractivity contribution in [3.63, 3.8) is 0 Å². The SMILES string of the molecule is CNc1cc(Cl)ccc1C(=O)N1CCC2(COC2)C1. The fourth-order valence-electron chi connectivity index (χ4n) is 2.81. The van der Waals surface area contributed by atoms with Gasteiger partial charge >= 0.3 is 0 Å². The molecule has 102 valence electrons. The van der Waals surface area contributed by atoms with Crippen LogP contribution in [-0.4, -0.2) is 44.2 Å². The van der Waals surface area contributed by atoms with E-state index in [1.165, 1.54) is 0 Å². The molecule has 4 nitrogen and oxygen atoms in total. The minimum atomic E-state index is 0.0739. The Bertz CT molecular complexity index is 514. The van der Waals surface area contributed by atoms with Crippen molar-refractivity contribution in [2.24, 2.45) is 5.41 Å². The molecule has 1 N–H and O–H groups in total. The Hall–Kier alpha value is -1.26. The average Bonchev–Trinajstić information content (AvgIpc) is 2.83. The molecule has 0 aliphatic carbocycles. The minimum Gasteiger partial charge on any atom is -0.387 e. The van der Waals surface area contributed by atoms with Gasteiger partial charge in [-0.1, -0.05) is 11.6 Å². The summed E-state index contributed by atoms with van der Waals surface area (Å²) < 4.78 is 5.29. The Balaban J connectivity index is 1.80. The predicted octanol–water partition coefficient (Wildman–Crippen LogP) is 2.24. The van der Waals surface area contributed by atoms with Gasteiger partial charge in [0.2, 0.25) is 0 Å². The molecule has 0 radical (unpaired) electrons. The van der Waals surface area contributed by atoms with Crippen LogP contribution in [0, 0.1) is 5.41 Å². The highest BCUT2D eigenvalue weighted by molar-refractivity contribution is 6.31. The molecule has 5 heteroatoms. The fourth-order valence-corrected chi connectivity index (χ4v) is 2.99. The van der Waals surface area contributed by atoms with Crippen molar-refractivity contribution in [2.45, 2.75) is 6.42 Å². The molecule has 3 rings (SSSR count). The number of amides is 1. The number of halogens is 1. The van der Waals surface area contributed by atoms with E-state index in [4.69, 9.17) is 16.3 Å². The van der Waals surface area contributed by atoms with Gasteiger partial charge in [-0.25, -0.2) is 0 Å². The summed E-state index contributed by atoms with van der Waals surface area (Å²) in [4.78, 5) is 14.5. The lowest BCUT2D eigenvalue weighted by Gasteiger charge is -2.37. The molecule has 2 fully saturated rings. The number of hydrogen-bond donors (Lipinski definition) is 1. The molecule has 0 atom stereocenters. The highest BCUT2D eigenvalue weighted by Crippen LogP contribution is 2.38. The number of ether oxygens (including phenoxy) is 1. The van der Waals surface area contributed by atoms with E-state index in [1.807, 2.05) is 4.90 Å². The second kappa shape index (κ2) is 4.69. The van der Waals surface area contributed by atoms with Crippen molar-refractivity contribution in [3.8, 4) is 0 Å². The average molecular weight is 281 g/mol. The summed E-state index contributed by atoms with van der Waals surface area (Å²) in [5.74, 6) is 0.0739. The summed E-state index contributed by atoms with van der Waals surface area (Å²) in [5, 5.41) is 3.66. The van der Waals surface area contributed by atoms with Gasteiger partial charge in [-0.3, -0.25) is 4.79 Å². The number of nitrogens with one attached hydrogen (secondary N) is 1. The van der Waals surface area contributed by atoms with E-state index in [9.17, 15) is 4.79 Å². The molecule has 2 saturated heterocycles. The first-order chi connectivity index (χ1) is 9.13. The molecule has 0 bridgehead atoms. The van der Waals surface area contributed by atoms with E-state index >= 15 is 0 Å². The topological polar surface area (TPSA) is 41.6 Å². The highest BCUT2D eigenvalue weighted by atomic mass is 35.5. The molecule has 0 saturated carbocycles. The molecule has 0 unspecified atom stereocenters. The smallest absolute Gasteiger partial charge is 0.255 e. The Kier molecular flexibility index (Phi) is 3.15. The number of benzene rings is 1. The van der Waals surface area contributed by atoms with Crippen LogP contribution in [-0.2, 0) is 4.74 Å². The van der Waals surface area contributed by atoms with E-state index in [0.29, 0.717) is 10.6 Å². The molecular weight excluding hydrogens is 264 g/mol. The van der Waals surface area contributed by atoms with Crippen molar-refractivity contribution in [3.05, 3.63) is 28.8 Å². The van der Waals surface area contributed by atoms with Crippen LogP contribution in [0.3, 0.4) is 0 Å². The fraction of sp³-hybridized carbons (Fsp3) is 0.500. The van der Waals surface area contributed by atoms with Crippen LogP contribution in [0.25, 0.3) is 0 Å². The number of anilines is 1. The van der Waals surface area contributed by atoms with Gasteiger partial charge in [0.1, 0.15) is 0 Å². The van der Waals surface area contributed by atoms with Gasteiger partial charge in [-0.05, 0) is 24.6 Å². The van der Waals surface area contributed by atoms with E-state index in [2.05, 4.69) is 5.32 Å². The van der Waals surface area contributed by atoms with Gasteiger partial charge in [0.15, 0.2) is 0 Å². The third-order valence-electron chi connectivity index (χ3n) is 4.02. The molecule has 1 amide bonds. The summed E-state index contributed by atoms with van der Waals surface area (Å²) in [6.07, 6.45) is 1.04. The summed E-state index contributed by atoms with van der Waals surface area (Å²) in [5.41, 5.74) is 1.69. The Morgan fingerprint density at radius 1 is 1.47 bits per heavy atom. The second-order valence-electron chi connectivity index (χ2n) is 5.41. The standard InChI is InChI=1S/C14H17ClN2O2/c1-16-12-6-10(15)2-3-11(12)13(18)17-5-4-14(7-17)8-19-9-14/h2-3,6,16H,4-5,7-9H2,1H3. The number of likely N-dealkylation sites (tertiary alicyclic amines) is 1. The van der Waals surface area contributed by atoms with Crippen LogP contribution in [0.5, 0.6) is 0 Å². The summed E-state index contributed by atoms with van der Waals surface area (Å²) in [7, 11) is 1.80. The number of nitrogens with zero attached hydrogens (tertiary/aromatic N) is 1. The first kappa shape index (κ1) is 12.8. The Labute approximate surface area is 117 Å². The normalized spacial score (nSPS) is 20.4. The molecule has 2 aliphatic rings. The first-order valence-corrected chi connectivity index (χ1v) is 6.86. The zero-order valence-corrected chi connectivity index (χ0v) is 11.7. The van der Waals surface area contributed by atoms with Gasteiger partial charge in [0.05, 0.1) is 18.8 Å². The van der Waals surface area contributed by atoms with Crippen molar-refractivity contribution in [1.29, 1.82) is 0 Å². The van der Waals surface area contributed by atoms with Crippen LogP contribution < -0.4 is 5.32 Å². The monoisotopic (exact) mass is 280 g/mol. The van der Waals surface area contributed by atoms with Gasteiger partial charge in [0, 0.05) is 36.3 Å². The van der Waals surface area contributed by atoms with Crippen molar-refractivity contribution < 1.29 is 9.53 Å². The molecular formula is C14H17ClN2O2. The van der Waals surface area contributed by atoms with Crippen molar-refractivity contribution in [1.82, 2.24) is 4.90 Å². The quantitative estimate of drug-likeness (QED) is 0.903. The first-order valence-electron chi connectivity index (χ1n) is 6.48. The van der Waals surface area contributed by atoms with Crippen molar-refractivity contribution >= 4 is 23.2 Å².